The molecule has 5 heteroatoms. The zero-order chi connectivity index (χ0) is 11.3. The predicted octanol–water partition coefficient (Wildman–Crippen LogP) is 0.347. The lowest BCUT2D eigenvalue weighted by Crippen LogP contribution is -2.35. The molecule has 15 heavy (non-hydrogen) atoms. The van der Waals surface area contributed by atoms with Gasteiger partial charge in [-0.15, -0.1) is 0 Å². The molecule has 1 aromatic rings. The summed E-state index contributed by atoms with van der Waals surface area (Å²) in [7, 11) is -1.23. The molecule has 0 radical (unpaired) electrons. The molecule has 0 bridgehead atoms. The van der Waals surface area contributed by atoms with Gasteiger partial charge >= 0.3 is 5.97 Å². The molecule has 82 valence electrons. The predicted molar refractivity (Wildman–Crippen MR) is 58.8 cm³/mol. The maximum atomic E-state index is 11.5. The Morgan fingerprint density at radius 2 is 2.00 bits per heavy atom. The van der Waals surface area contributed by atoms with Crippen molar-refractivity contribution in [2.24, 2.45) is 5.73 Å². The van der Waals surface area contributed by atoms with Crippen molar-refractivity contribution in [3.63, 3.8) is 0 Å². The molecule has 2 atom stereocenters. The third kappa shape index (κ3) is 4.22. The summed E-state index contributed by atoms with van der Waals surface area (Å²) < 4.78 is 11.5. The fourth-order valence-corrected chi connectivity index (χ4v) is 2.32. The number of hydrogen-bond acceptors (Lipinski definition) is 3. The number of benzene rings is 1. The van der Waals surface area contributed by atoms with E-state index in [1.165, 1.54) is 0 Å². The zero-order valence-corrected chi connectivity index (χ0v) is 8.94. The summed E-state index contributed by atoms with van der Waals surface area (Å²) in [6.07, 6.45) is 0. The average Bonchev–Trinajstić information content (AvgIpc) is 2.18. The highest BCUT2D eigenvalue weighted by Crippen LogP contribution is 2.03. The van der Waals surface area contributed by atoms with Crippen LogP contribution in [0.2, 0.25) is 0 Å². The van der Waals surface area contributed by atoms with Crippen LogP contribution in [0.1, 0.15) is 5.56 Å². The second kappa shape index (κ2) is 5.63. The first-order valence-electron chi connectivity index (χ1n) is 4.47. The lowest BCUT2D eigenvalue weighted by molar-refractivity contribution is -0.137. The highest BCUT2D eigenvalue weighted by molar-refractivity contribution is 7.84. The van der Waals surface area contributed by atoms with Crippen LogP contribution in [0.25, 0.3) is 0 Å². The van der Waals surface area contributed by atoms with Crippen LogP contribution >= 0.6 is 0 Å². The number of carboxylic acids is 1. The Labute approximate surface area is 90.6 Å². The first-order chi connectivity index (χ1) is 7.09. The van der Waals surface area contributed by atoms with Gasteiger partial charge in [0, 0.05) is 22.3 Å². The standard InChI is InChI=1S/C10H13NO3S/c11-9(10(12)13)7-15(14)6-8-4-2-1-3-5-8/h1-5,9H,6-7,11H2,(H,12,13)/t9-,15?/m1/s1. The summed E-state index contributed by atoms with van der Waals surface area (Å²) in [5, 5.41) is 8.54. The summed E-state index contributed by atoms with van der Waals surface area (Å²) in [6, 6.07) is 8.23. The van der Waals surface area contributed by atoms with Crippen LogP contribution in [0.4, 0.5) is 0 Å². The molecule has 0 saturated carbocycles. The van der Waals surface area contributed by atoms with Crippen molar-refractivity contribution in [3.05, 3.63) is 35.9 Å². The van der Waals surface area contributed by atoms with E-state index in [1.54, 1.807) is 0 Å². The quantitative estimate of drug-likeness (QED) is 0.760. The minimum atomic E-state index is -1.23. The molecule has 0 aliphatic rings. The molecule has 0 spiro atoms. The molecule has 0 fully saturated rings. The van der Waals surface area contributed by atoms with Gasteiger partial charge in [0.1, 0.15) is 6.04 Å². The number of nitrogens with two attached hydrogens (primary N) is 1. The van der Waals surface area contributed by atoms with Gasteiger partial charge in [-0.05, 0) is 5.56 Å². The van der Waals surface area contributed by atoms with Crippen LogP contribution < -0.4 is 5.73 Å². The fourth-order valence-electron chi connectivity index (χ4n) is 1.09. The van der Waals surface area contributed by atoms with Crippen LogP contribution in [-0.4, -0.2) is 27.1 Å². The van der Waals surface area contributed by atoms with E-state index in [2.05, 4.69) is 0 Å². The molecule has 1 unspecified atom stereocenters. The monoisotopic (exact) mass is 227 g/mol. The number of carboxylic acid groups (broad SMARTS) is 1. The second-order valence-corrected chi connectivity index (χ2v) is 4.68. The number of aliphatic carboxylic acids is 1. The largest absolute Gasteiger partial charge is 0.480 e. The third-order valence-electron chi connectivity index (χ3n) is 1.85. The highest BCUT2D eigenvalue weighted by Gasteiger charge is 2.15. The van der Waals surface area contributed by atoms with Crippen molar-refractivity contribution in [3.8, 4) is 0 Å². The van der Waals surface area contributed by atoms with Crippen LogP contribution in [0.3, 0.4) is 0 Å². The number of rotatable bonds is 5. The Kier molecular flexibility index (Phi) is 4.45. The van der Waals surface area contributed by atoms with Gasteiger partial charge < -0.3 is 10.8 Å². The fraction of sp³-hybridized carbons (Fsp3) is 0.300. The molecule has 0 aliphatic carbocycles. The molecule has 0 aliphatic heterocycles. The first kappa shape index (κ1) is 11.9. The molecule has 0 amide bonds. The van der Waals surface area contributed by atoms with Gasteiger partial charge in [0.25, 0.3) is 0 Å². The van der Waals surface area contributed by atoms with Crippen LogP contribution in [0.15, 0.2) is 30.3 Å². The lowest BCUT2D eigenvalue weighted by atomic mass is 10.2. The van der Waals surface area contributed by atoms with Gasteiger partial charge in [-0.25, -0.2) is 0 Å². The van der Waals surface area contributed by atoms with Gasteiger partial charge in [-0.2, -0.15) is 0 Å². The smallest absolute Gasteiger partial charge is 0.321 e. The maximum Gasteiger partial charge on any atom is 0.321 e. The van der Waals surface area contributed by atoms with Gasteiger partial charge in [0.05, 0.1) is 0 Å². The summed E-state index contributed by atoms with van der Waals surface area (Å²) in [6.45, 7) is 0. The van der Waals surface area contributed by atoms with Crippen molar-refractivity contribution in [1.29, 1.82) is 0 Å². The van der Waals surface area contributed by atoms with Crippen LogP contribution in [-0.2, 0) is 21.3 Å². The second-order valence-electron chi connectivity index (χ2n) is 3.18. The Balaban J connectivity index is 2.47. The summed E-state index contributed by atoms with van der Waals surface area (Å²) >= 11 is 0. The molecular formula is C10H13NO3S. The van der Waals surface area contributed by atoms with Crippen molar-refractivity contribution in [1.82, 2.24) is 0 Å². The lowest BCUT2D eigenvalue weighted by Gasteiger charge is -2.06. The minimum absolute atomic E-state index is 0.00969. The van der Waals surface area contributed by atoms with E-state index in [9.17, 15) is 9.00 Å². The van der Waals surface area contributed by atoms with Crippen molar-refractivity contribution >= 4 is 16.8 Å². The molecule has 4 nitrogen and oxygen atoms in total. The molecule has 0 heterocycles. The SMILES string of the molecule is N[C@H](CS(=O)Cc1ccccc1)C(=O)O. The summed E-state index contributed by atoms with van der Waals surface area (Å²) in [4.78, 5) is 10.4. The highest BCUT2D eigenvalue weighted by atomic mass is 32.2. The molecule has 1 aromatic carbocycles. The maximum absolute atomic E-state index is 11.5. The van der Waals surface area contributed by atoms with E-state index < -0.39 is 22.8 Å². The van der Waals surface area contributed by atoms with E-state index in [-0.39, 0.29) is 5.75 Å². The Morgan fingerprint density at radius 1 is 1.40 bits per heavy atom. The Bertz CT molecular complexity index is 353. The van der Waals surface area contributed by atoms with E-state index >= 15 is 0 Å². The van der Waals surface area contributed by atoms with Gasteiger partial charge in [-0.3, -0.25) is 9.00 Å². The van der Waals surface area contributed by atoms with Gasteiger partial charge in [-0.1, -0.05) is 30.3 Å². The zero-order valence-electron chi connectivity index (χ0n) is 8.13. The Morgan fingerprint density at radius 3 is 2.53 bits per heavy atom. The van der Waals surface area contributed by atoms with Crippen molar-refractivity contribution < 1.29 is 14.1 Å². The normalized spacial score (nSPS) is 14.5. The Hall–Kier alpha value is -1.20. The number of carbonyl (C=O) groups is 1. The summed E-state index contributed by atoms with van der Waals surface area (Å²) in [5.41, 5.74) is 6.20. The molecule has 0 aromatic heterocycles. The van der Waals surface area contributed by atoms with E-state index in [1.807, 2.05) is 30.3 Å². The molecule has 3 N–H and O–H groups in total. The van der Waals surface area contributed by atoms with Crippen molar-refractivity contribution in [2.75, 3.05) is 5.75 Å². The van der Waals surface area contributed by atoms with Crippen molar-refractivity contribution in [2.45, 2.75) is 11.8 Å². The van der Waals surface area contributed by atoms with Crippen LogP contribution in [0.5, 0.6) is 0 Å². The summed E-state index contributed by atoms with van der Waals surface area (Å²) in [5.74, 6) is -0.775. The van der Waals surface area contributed by atoms with Gasteiger partial charge in [0.15, 0.2) is 0 Å². The molecule has 0 saturated heterocycles. The third-order valence-corrected chi connectivity index (χ3v) is 3.24. The van der Waals surface area contributed by atoms with Gasteiger partial charge in [0.2, 0.25) is 0 Å². The number of hydrogen-bond donors (Lipinski definition) is 2. The van der Waals surface area contributed by atoms with Crippen LogP contribution in [0, 0.1) is 0 Å². The average molecular weight is 227 g/mol. The molecule has 1 rings (SSSR count). The molecular weight excluding hydrogens is 214 g/mol. The first-order valence-corrected chi connectivity index (χ1v) is 5.95. The van der Waals surface area contributed by atoms with E-state index in [4.69, 9.17) is 10.8 Å². The topological polar surface area (TPSA) is 80.4 Å². The van der Waals surface area contributed by atoms with E-state index in [0.29, 0.717) is 5.75 Å². The van der Waals surface area contributed by atoms with E-state index in [0.717, 1.165) is 5.56 Å². The minimum Gasteiger partial charge on any atom is -0.480 e.